The summed E-state index contributed by atoms with van der Waals surface area (Å²) in [6, 6.07) is 17.5. The zero-order valence-corrected chi connectivity index (χ0v) is 20.2. The summed E-state index contributed by atoms with van der Waals surface area (Å²) in [6.07, 6.45) is -2.48. The van der Waals surface area contributed by atoms with Gasteiger partial charge in [0.05, 0.1) is 5.56 Å². The number of hydrogen-bond acceptors (Lipinski definition) is 3. The van der Waals surface area contributed by atoms with E-state index >= 15 is 0 Å². The highest BCUT2D eigenvalue weighted by Crippen LogP contribution is 2.33. The maximum absolute atomic E-state index is 13.2. The lowest BCUT2D eigenvalue weighted by Crippen LogP contribution is -2.31. The lowest BCUT2D eigenvalue weighted by molar-refractivity contribution is -0.137. The van der Waals surface area contributed by atoms with Crippen molar-refractivity contribution in [1.82, 2.24) is 10.2 Å². The average molecular weight is 496 g/mol. The molecule has 36 heavy (non-hydrogen) atoms. The zero-order chi connectivity index (χ0) is 25.9. The second-order valence-corrected chi connectivity index (χ2v) is 9.07. The summed E-state index contributed by atoms with van der Waals surface area (Å²) in [6.45, 7) is 0.780. The maximum Gasteiger partial charge on any atom is 0.416 e. The summed E-state index contributed by atoms with van der Waals surface area (Å²) >= 11 is 0. The smallest absolute Gasteiger partial charge is 0.349 e. The van der Waals surface area contributed by atoms with Gasteiger partial charge in [0, 0.05) is 37.8 Å². The average Bonchev–Trinajstić information content (AvgIpc) is 2.86. The third-order valence-electron chi connectivity index (χ3n) is 6.40. The predicted molar refractivity (Wildman–Crippen MR) is 134 cm³/mol. The van der Waals surface area contributed by atoms with Gasteiger partial charge in [0.15, 0.2) is 0 Å². The van der Waals surface area contributed by atoms with Crippen LogP contribution >= 0.6 is 0 Å². The van der Waals surface area contributed by atoms with Crippen LogP contribution in [0.1, 0.15) is 45.9 Å². The molecule has 1 atom stereocenters. The number of nitrogens with zero attached hydrogens (tertiary/aromatic N) is 1. The van der Waals surface area contributed by atoms with Crippen LogP contribution in [0, 0.1) is 0 Å². The molecule has 0 bridgehead atoms. The largest absolute Gasteiger partial charge is 0.416 e. The van der Waals surface area contributed by atoms with Crippen molar-refractivity contribution < 1.29 is 22.8 Å². The van der Waals surface area contributed by atoms with Gasteiger partial charge in [0.25, 0.3) is 5.91 Å². The first-order valence-corrected chi connectivity index (χ1v) is 11.8. The fourth-order valence-electron chi connectivity index (χ4n) is 4.45. The third kappa shape index (κ3) is 5.76. The van der Waals surface area contributed by atoms with Crippen LogP contribution in [0.5, 0.6) is 0 Å². The summed E-state index contributed by atoms with van der Waals surface area (Å²) in [5.74, 6) is -0.257. The molecule has 3 aromatic rings. The lowest BCUT2D eigenvalue weighted by Gasteiger charge is -2.28. The van der Waals surface area contributed by atoms with Gasteiger partial charge < -0.3 is 15.5 Å². The maximum atomic E-state index is 13.2. The Bertz CT molecular complexity index is 1250. The molecule has 0 fully saturated rings. The quantitative estimate of drug-likeness (QED) is 0.463. The van der Waals surface area contributed by atoms with Gasteiger partial charge in [-0.15, -0.1) is 0 Å². The second-order valence-electron chi connectivity index (χ2n) is 9.07. The summed E-state index contributed by atoms with van der Waals surface area (Å²) < 4.78 is 38.8. The van der Waals surface area contributed by atoms with Gasteiger partial charge >= 0.3 is 6.18 Å². The molecule has 1 aliphatic heterocycles. The van der Waals surface area contributed by atoms with Crippen LogP contribution in [0.3, 0.4) is 0 Å². The number of carbonyl (C=O) groups is 2. The van der Waals surface area contributed by atoms with Gasteiger partial charge in [-0.2, -0.15) is 13.2 Å². The number of nitrogens with one attached hydrogen (secondary N) is 2. The predicted octanol–water partition coefficient (Wildman–Crippen LogP) is 5.68. The highest BCUT2D eigenvalue weighted by atomic mass is 19.4. The van der Waals surface area contributed by atoms with Gasteiger partial charge in [0.1, 0.15) is 0 Å². The Morgan fingerprint density at radius 3 is 2.44 bits per heavy atom. The van der Waals surface area contributed by atoms with Crippen molar-refractivity contribution in [2.45, 2.75) is 31.5 Å². The number of benzene rings is 3. The molecule has 0 radical (unpaired) electrons. The summed E-state index contributed by atoms with van der Waals surface area (Å²) in [5, 5.41) is 6.40. The van der Waals surface area contributed by atoms with Crippen LogP contribution in [0.2, 0.25) is 0 Å². The number of alkyl halides is 3. The topological polar surface area (TPSA) is 61.4 Å². The normalized spacial score (nSPS) is 15.2. The highest BCUT2D eigenvalue weighted by Gasteiger charge is 2.30. The number of halogens is 3. The van der Waals surface area contributed by atoms with E-state index in [1.54, 1.807) is 43.3 Å². The first kappa shape index (κ1) is 25.4. The number of carbonyl (C=O) groups excluding carboxylic acids is 2. The minimum absolute atomic E-state index is 0.0720. The molecule has 1 aliphatic rings. The molecule has 0 saturated heterocycles. The van der Waals surface area contributed by atoms with Crippen molar-refractivity contribution >= 4 is 17.5 Å². The molecule has 5 nitrogen and oxygen atoms in total. The van der Waals surface area contributed by atoms with Crippen LogP contribution in [-0.4, -0.2) is 37.4 Å². The Hall–Kier alpha value is -3.65. The minimum Gasteiger partial charge on any atom is -0.349 e. The summed E-state index contributed by atoms with van der Waals surface area (Å²) in [4.78, 5) is 26.7. The van der Waals surface area contributed by atoms with Crippen LogP contribution in [0.15, 0.2) is 66.7 Å². The number of rotatable bonds is 6. The van der Waals surface area contributed by atoms with Crippen molar-refractivity contribution in [2.24, 2.45) is 0 Å². The molecule has 1 unspecified atom stereocenters. The molecular formula is C28H28F3N3O2. The Labute approximate surface area is 208 Å². The van der Waals surface area contributed by atoms with Gasteiger partial charge in [-0.05, 0) is 72.0 Å². The van der Waals surface area contributed by atoms with E-state index in [9.17, 15) is 22.8 Å². The number of amides is 2. The van der Waals surface area contributed by atoms with Crippen LogP contribution in [0.25, 0.3) is 11.1 Å². The van der Waals surface area contributed by atoms with Crippen molar-refractivity contribution in [3.05, 3.63) is 89.0 Å². The van der Waals surface area contributed by atoms with Crippen LogP contribution < -0.4 is 10.6 Å². The standard InChI is InChI=1S/C28H28F3N3O2/c1-34(2)26(35)14-13-25-23-12-11-21(17-19(23)15-16-32-25)33-27(36)24-6-4-3-5-22(24)18-7-9-20(10-8-18)28(29,30)31/h3-12,17,25,32H,13-16H2,1-2H3,(H,33,36). The molecule has 0 saturated carbocycles. The molecule has 0 spiro atoms. The zero-order valence-electron chi connectivity index (χ0n) is 20.2. The molecule has 2 amide bonds. The molecule has 1 heterocycles. The van der Waals surface area contributed by atoms with Gasteiger partial charge in [0.2, 0.25) is 5.91 Å². The Morgan fingerprint density at radius 1 is 1.03 bits per heavy atom. The molecule has 8 heteroatoms. The Balaban J connectivity index is 1.51. The number of hydrogen-bond donors (Lipinski definition) is 2. The van der Waals surface area contributed by atoms with Crippen molar-refractivity contribution in [3.63, 3.8) is 0 Å². The molecule has 2 N–H and O–H groups in total. The van der Waals surface area contributed by atoms with E-state index in [0.717, 1.165) is 36.2 Å². The highest BCUT2D eigenvalue weighted by molar-refractivity contribution is 6.08. The third-order valence-corrected chi connectivity index (χ3v) is 6.40. The second kappa shape index (κ2) is 10.5. The first-order valence-electron chi connectivity index (χ1n) is 11.8. The van der Waals surface area contributed by atoms with Crippen molar-refractivity contribution in [3.8, 4) is 11.1 Å². The van der Waals surface area contributed by atoms with E-state index in [0.29, 0.717) is 35.2 Å². The SMILES string of the molecule is CN(C)C(=O)CCC1NCCc2cc(NC(=O)c3ccccc3-c3ccc(C(F)(F)F)cc3)ccc21. The molecule has 4 rings (SSSR count). The van der Waals surface area contributed by atoms with E-state index in [1.807, 2.05) is 18.2 Å². The minimum atomic E-state index is -4.42. The fourth-order valence-corrected chi connectivity index (χ4v) is 4.45. The van der Waals surface area contributed by atoms with Crippen molar-refractivity contribution in [2.75, 3.05) is 26.0 Å². The van der Waals surface area contributed by atoms with Crippen molar-refractivity contribution in [1.29, 1.82) is 0 Å². The molecule has 0 aliphatic carbocycles. The fraction of sp³-hybridized carbons (Fsp3) is 0.286. The van der Waals surface area contributed by atoms with Crippen LogP contribution in [-0.2, 0) is 17.4 Å². The molecule has 0 aromatic heterocycles. The van der Waals surface area contributed by atoms with Gasteiger partial charge in [-0.25, -0.2) is 0 Å². The first-order chi connectivity index (χ1) is 17.1. The van der Waals surface area contributed by atoms with Crippen LogP contribution in [0.4, 0.5) is 18.9 Å². The van der Waals surface area contributed by atoms with E-state index in [2.05, 4.69) is 10.6 Å². The van der Waals surface area contributed by atoms with E-state index in [4.69, 9.17) is 0 Å². The van der Waals surface area contributed by atoms with E-state index < -0.39 is 11.7 Å². The van der Waals surface area contributed by atoms with Gasteiger partial charge in [-0.1, -0.05) is 36.4 Å². The molecule has 3 aromatic carbocycles. The molecular weight excluding hydrogens is 467 g/mol. The monoisotopic (exact) mass is 495 g/mol. The summed E-state index contributed by atoms with van der Waals surface area (Å²) in [7, 11) is 3.49. The Kier molecular flexibility index (Phi) is 7.45. The Morgan fingerprint density at radius 2 is 1.75 bits per heavy atom. The van der Waals surface area contributed by atoms with Gasteiger partial charge in [-0.3, -0.25) is 9.59 Å². The lowest BCUT2D eigenvalue weighted by atomic mass is 9.91. The van der Waals surface area contributed by atoms with E-state index in [1.165, 1.54) is 12.1 Å². The van der Waals surface area contributed by atoms with E-state index in [-0.39, 0.29) is 17.9 Å². The molecule has 188 valence electrons. The summed E-state index contributed by atoms with van der Waals surface area (Å²) in [5.41, 5.74) is 3.60. The number of fused-ring (bicyclic) bond motifs is 1. The number of anilines is 1.